The standard InChI is InChI=1S/C25H20N6O3/c1-2-34-25(33)21(28-24(32)20-11-10-18-7-3-4-8-19(18)14-20)9-5-6-17-15-30-23-22(26-12-13-27-23)29-31(30)16-17/h3-4,7-8,10-16,21H,2,9H2,1H3,(H-,26,28,29,32)/p+1. The van der Waals surface area contributed by atoms with Crippen LogP contribution in [0.4, 0.5) is 0 Å². The van der Waals surface area contributed by atoms with Gasteiger partial charge in [-0.05, 0) is 29.8 Å². The molecule has 0 fully saturated rings. The smallest absolute Gasteiger partial charge is 0.346 e. The topological polar surface area (TPSA) is 105 Å². The molecule has 9 heteroatoms. The van der Waals surface area contributed by atoms with Gasteiger partial charge in [-0.1, -0.05) is 46.8 Å². The summed E-state index contributed by atoms with van der Waals surface area (Å²) in [5.41, 5.74) is 2.50. The maximum atomic E-state index is 12.9. The molecular formula is C25H21N6O3+. The molecule has 34 heavy (non-hydrogen) atoms. The van der Waals surface area contributed by atoms with Gasteiger partial charge in [0.1, 0.15) is 18.4 Å². The van der Waals surface area contributed by atoms with Crippen LogP contribution in [0.1, 0.15) is 29.3 Å². The van der Waals surface area contributed by atoms with Crippen molar-refractivity contribution in [3.63, 3.8) is 0 Å². The quantitative estimate of drug-likeness (QED) is 0.241. The molecule has 0 bridgehead atoms. The minimum atomic E-state index is -0.891. The van der Waals surface area contributed by atoms with Crippen molar-refractivity contribution < 1.29 is 18.8 Å². The zero-order valence-electron chi connectivity index (χ0n) is 18.4. The lowest BCUT2D eigenvalue weighted by Crippen LogP contribution is -2.41. The first-order chi connectivity index (χ1) is 16.6. The van der Waals surface area contributed by atoms with E-state index in [1.807, 2.05) is 36.5 Å². The number of rotatable bonds is 5. The van der Waals surface area contributed by atoms with Crippen molar-refractivity contribution in [2.45, 2.75) is 19.4 Å². The molecule has 0 aliphatic carbocycles. The lowest BCUT2D eigenvalue weighted by Gasteiger charge is -2.15. The van der Waals surface area contributed by atoms with Gasteiger partial charge in [0.15, 0.2) is 0 Å². The summed E-state index contributed by atoms with van der Waals surface area (Å²) in [7, 11) is 0. The van der Waals surface area contributed by atoms with Crippen LogP contribution in [-0.4, -0.2) is 44.2 Å². The Balaban J connectivity index is 1.34. The van der Waals surface area contributed by atoms with Gasteiger partial charge in [-0.2, -0.15) is 5.10 Å². The van der Waals surface area contributed by atoms with E-state index in [4.69, 9.17) is 4.74 Å². The van der Waals surface area contributed by atoms with E-state index in [9.17, 15) is 9.59 Å². The predicted octanol–water partition coefficient (Wildman–Crippen LogP) is 2.05. The highest BCUT2D eigenvalue weighted by atomic mass is 16.5. The minimum Gasteiger partial charge on any atom is -0.464 e. The maximum absolute atomic E-state index is 12.9. The molecule has 1 atom stereocenters. The van der Waals surface area contributed by atoms with Gasteiger partial charge in [-0.25, -0.2) is 9.78 Å². The normalized spacial score (nSPS) is 11.8. The van der Waals surface area contributed by atoms with Gasteiger partial charge in [-0.3, -0.25) is 4.79 Å². The van der Waals surface area contributed by atoms with E-state index in [-0.39, 0.29) is 18.9 Å². The summed E-state index contributed by atoms with van der Waals surface area (Å²) < 4.78 is 8.66. The summed E-state index contributed by atoms with van der Waals surface area (Å²) in [6, 6.07) is 12.3. The molecular weight excluding hydrogens is 432 g/mol. The van der Waals surface area contributed by atoms with E-state index in [2.05, 4.69) is 32.2 Å². The van der Waals surface area contributed by atoms with E-state index < -0.39 is 12.0 Å². The van der Waals surface area contributed by atoms with Crippen molar-refractivity contribution in [2.75, 3.05) is 6.61 Å². The summed E-state index contributed by atoms with van der Waals surface area (Å²) >= 11 is 0. The van der Waals surface area contributed by atoms with E-state index >= 15 is 0 Å². The van der Waals surface area contributed by atoms with Crippen molar-refractivity contribution in [3.8, 4) is 11.8 Å². The second kappa shape index (κ2) is 9.03. The number of aromatic nitrogens is 5. The Morgan fingerprint density at radius 3 is 2.85 bits per heavy atom. The number of nitrogens with one attached hydrogen (secondary N) is 2. The van der Waals surface area contributed by atoms with E-state index in [1.54, 1.807) is 46.8 Å². The Bertz CT molecular complexity index is 1590. The first-order valence-electron chi connectivity index (χ1n) is 10.8. The number of carbonyl (C=O) groups excluding carboxylic acids is 2. The molecule has 3 heterocycles. The highest BCUT2D eigenvalue weighted by Gasteiger charge is 2.22. The number of hydrogen-bond acceptors (Lipinski definition) is 5. The van der Waals surface area contributed by atoms with E-state index in [0.29, 0.717) is 22.4 Å². The molecule has 0 aliphatic heterocycles. The SMILES string of the molecule is CCOC(=O)C(CC#Cc1cn2[nH]c3nccnc3[n+]2c1)NC(=O)c1ccc2ccccc2c1. The molecule has 5 rings (SSSR count). The van der Waals surface area contributed by atoms with Crippen molar-refractivity contribution in [1.82, 2.24) is 25.0 Å². The molecule has 1 amide bonds. The third-order valence-electron chi connectivity index (χ3n) is 5.30. The number of esters is 1. The van der Waals surface area contributed by atoms with Crippen LogP contribution in [0.5, 0.6) is 0 Å². The van der Waals surface area contributed by atoms with Crippen LogP contribution >= 0.6 is 0 Å². The molecule has 0 radical (unpaired) electrons. The van der Waals surface area contributed by atoms with Crippen molar-refractivity contribution in [2.24, 2.45) is 0 Å². The average Bonchev–Trinajstić information content (AvgIpc) is 3.40. The molecule has 0 spiro atoms. The van der Waals surface area contributed by atoms with Crippen LogP contribution in [0.2, 0.25) is 0 Å². The lowest BCUT2D eigenvalue weighted by molar-refractivity contribution is -0.594. The Labute approximate surface area is 194 Å². The van der Waals surface area contributed by atoms with Gasteiger partial charge in [0.2, 0.25) is 0 Å². The maximum Gasteiger partial charge on any atom is 0.346 e. The number of nitrogens with zero attached hydrogens (tertiary/aromatic N) is 4. The second-order valence-electron chi connectivity index (χ2n) is 7.59. The number of benzene rings is 2. The van der Waals surface area contributed by atoms with Gasteiger partial charge < -0.3 is 10.1 Å². The Morgan fingerprint density at radius 2 is 2.00 bits per heavy atom. The van der Waals surface area contributed by atoms with Gasteiger partial charge in [0.25, 0.3) is 11.6 Å². The van der Waals surface area contributed by atoms with E-state index in [0.717, 1.165) is 10.8 Å². The molecule has 2 N–H and O–H groups in total. The Kier molecular flexibility index (Phi) is 5.62. The molecule has 168 valence electrons. The lowest BCUT2D eigenvalue weighted by atomic mass is 10.1. The largest absolute Gasteiger partial charge is 0.464 e. The summed E-state index contributed by atoms with van der Waals surface area (Å²) in [5.74, 6) is 5.13. The number of hydrogen-bond donors (Lipinski definition) is 2. The van der Waals surface area contributed by atoms with Crippen LogP contribution in [0.25, 0.3) is 22.1 Å². The molecule has 9 nitrogen and oxygen atoms in total. The van der Waals surface area contributed by atoms with Gasteiger partial charge in [0.05, 0.1) is 24.6 Å². The van der Waals surface area contributed by atoms with Crippen molar-refractivity contribution in [3.05, 3.63) is 78.4 Å². The number of amides is 1. The highest BCUT2D eigenvalue weighted by Crippen LogP contribution is 2.16. The fourth-order valence-corrected chi connectivity index (χ4v) is 3.68. The monoisotopic (exact) mass is 453 g/mol. The van der Waals surface area contributed by atoms with Crippen LogP contribution in [0.15, 0.2) is 67.3 Å². The van der Waals surface area contributed by atoms with Gasteiger partial charge in [-0.15, -0.1) is 9.50 Å². The zero-order chi connectivity index (χ0) is 23.5. The highest BCUT2D eigenvalue weighted by molar-refractivity contribution is 6.00. The second-order valence-corrected chi connectivity index (χ2v) is 7.59. The molecule has 0 saturated carbocycles. The van der Waals surface area contributed by atoms with Crippen LogP contribution in [0.3, 0.4) is 0 Å². The number of aromatic amines is 1. The number of carbonyl (C=O) groups is 2. The molecule has 3 aromatic heterocycles. The fourth-order valence-electron chi connectivity index (χ4n) is 3.68. The minimum absolute atomic E-state index is 0.104. The first kappa shape index (κ1) is 21.2. The summed E-state index contributed by atoms with van der Waals surface area (Å²) in [4.78, 5) is 33.9. The third kappa shape index (κ3) is 4.17. The molecule has 0 aliphatic rings. The van der Waals surface area contributed by atoms with Crippen molar-refractivity contribution >= 4 is 33.9 Å². The van der Waals surface area contributed by atoms with E-state index in [1.165, 1.54) is 0 Å². The fraction of sp³-hybridized carbons (Fsp3) is 0.160. The number of fused-ring (bicyclic) bond motifs is 4. The molecule has 2 aromatic carbocycles. The number of ether oxygens (including phenoxy) is 1. The summed E-state index contributed by atoms with van der Waals surface area (Å²) in [6.45, 7) is 1.93. The average molecular weight is 453 g/mol. The van der Waals surface area contributed by atoms with Crippen LogP contribution < -0.4 is 9.83 Å². The molecule has 1 unspecified atom stereocenters. The van der Waals surface area contributed by atoms with Crippen molar-refractivity contribution in [1.29, 1.82) is 0 Å². The Hall–Kier alpha value is -4.71. The van der Waals surface area contributed by atoms with Crippen LogP contribution in [-0.2, 0) is 9.53 Å². The zero-order valence-corrected chi connectivity index (χ0v) is 18.4. The predicted molar refractivity (Wildman–Crippen MR) is 124 cm³/mol. The molecule has 5 aromatic rings. The van der Waals surface area contributed by atoms with Gasteiger partial charge >= 0.3 is 11.6 Å². The number of H-pyrrole nitrogens is 1. The summed E-state index contributed by atoms with van der Waals surface area (Å²) in [6.07, 6.45) is 6.94. The molecule has 0 saturated heterocycles. The van der Waals surface area contributed by atoms with Gasteiger partial charge in [0, 0.05) is 12.0 Å². The third-order valence-corrected chi connectivity index (χ3v) is 5.30. The Morgan fingerprint density at radius 1 is 1.18 bits per heavy atom. The van der Waals surface area contributed by atoms with Crippen LogP contribution in [0, 0.1) is 11.8 Å². The summed E-state index contributed by atoms with van der Waals surface area (Å²) in [5, 5.41) is 7.84. The first-order valence-corrected chi connectivity index (χ1v) is 10.8.